The van der Waals surface area contributed by atoms with Gasteiger partial charge in [-0.15, -0.1) is 24.0 Å². The van der Waals surface area contributed by atoms with Gasteiger partial charge in [-0.2, -0.15) is 0 Å². The molecule has 1 aromatic carbocycles. The molecule has 2 aromatic rings. The van der Waals surface area contributed by atoms with Crippen molar-refractivity contribution in [2.45, 2.75) is 39.8 Å². The van der Waals surface area contributed by atoms with Gasteiger partial charge in [-0.3, -0.25) is 0 Å². The molecule has 1 aromatic heterocycles. The number of nitrogens with zero attached hydrogens (tertiary/aromatic N) is 3. The minimum atomic E-state index is 0. The Labute approximate surface area is 191 Å². The first-order valence-corrected chi connectivity index (χ1v) is 10.0. The molecule has 0 saturated carbocycles. The molecule has 0 atom stereocenters. The van der Waals surface area contributed by atoms with E-state index >= 15 is 0 Å². The second-order valence-electron chi connectivity index (χ2n) is 7.08. The number of benzene rings is 1. The van der Waals surface area contributed by atoms with E-state index in [0.29, 0.717) is 13.1 Å². The molecule has 2 N–H and O–H groups in total. The van der Waals surface area contributed by atoms with Crippen molar-refractivity contribution in [2.75, 3.05) is 31.6 Å². The zero-order valence-electron chi connectivity index (χ0n) is 17.6. The molecule has 3 rings (SSSR count). The summed E-state index contributed by atoms with van der Waals surface area (Å²) in [5.74, 6) is 2.75. The number of pyridine rings is 1. The van der Waals surface area contributed by atoms with E-state index in [1.165, 1.54) is 18.4 Å². The Hall–Kier alpha value is -2.03. The standard InChI is InChI=1S/C22H31N5O.HI/c1-4-23-22(26-16-19-9-7-17(2)13-20(19)28-3)25-15-18-8-10-21(24-14-18)27-11-5-6-12-27;/h7-10,13-14H,4-6,11-12,15-16H2,1-3H3,(H2,23,25,26);1H. The van der Waals surface area contributed by atoms with Crippen LogP contribution in [0.15, 0.2) is 41.5 Å². The number of guanidine groups is 1. The number of hydrogen-bond acceptors (Lipinski definition) is 4. The smallest absolute Gasteiger partial charge is 0.191 e. The Kier molecular flexibility index (Phi) is 9.50. The normalized spacial score (nSPS) is 13.8. The third kappa shape index (κ3) is 6.76. The Bertz CT molecular complexity index is 788. The predicted octanol–water partition coefficient (Wildman–Crippen LogP) is 3.87. The topological polar surface area (TPSA) is 61.8 Å². The van der Waals surface area contributed by atoms with Crippen LogP contribution in [0.3, 0.4) is 0 Å². The van der Waals surface area contributed by atoms with Crippen LogP contribution in [0.4, 0.5) is 5.82 Å². The molecule has 0 radical (unpaired) electrons. The summed E-state index contributed by atoms with van der Waals surface area (Å²) >= 11 is 0. The predicted molar refractivity (Wildman–Crippen MR) is 130 cm³/mol. The van der Waals surface area contributed by atoms with Crippen LogP contribution in [0.1, 0.15) is 36.5 Å². The van der Waals surface area contributed by atoms with Crippen molar-refractivity contribution >= 4 is 35.8 Å². The molecule has 6 nitrogen and oxygen atoms in total. The Morgan fingerprint density at radius 2 is 1.97 bits per heavy atom. The lowest BCUT2D eigenvalue weighted by Crippen LogP contribution is -2.36. The first kappa shape index (κ1) is 23.3. The van der Waals surface area contributed by atoms with E-state index in [2.05, 4.69) is 64.7 Å². The molecule has 0 amide bonds. The zero-order chi connectivity index (χ0) is 19.8. The lowest BCUT2D eigenvalue weighted by Gasteiger charge is -2.16. The van der Waals surface area contributed by atoms with Crippen LogP contribution in [0.2, 0.25) is 0 Å². The summed E-state index contributed by atoms with van der Waals surface area (Å²) in [4.78, 5) is 11.6. The minimum absolute atomic E-state index is 0. The van der Waals surface area contributed by atoms with E-state index in [1.54, 1.807) is 7.11 Å². The molecule has 0 aliphatic carbocycles. The van der Waals surface area contributed by atoms with Crippen molar-refractivity contribution in [3.63, 3.8) is 0 Å². The maximum atomic E-state index is 5.49. The van der Waals surface area contributed by atoms with E-state index in [9.17, 15) is 0 Å². The summed E-state index contributed by atoms with van der Waals surface area (Å²) in [7, 11) is 1.70. The van der Waals surface area contributed by atoms with Crippen LogP contribution in [-0.4, -0.2) is 37.7 Å². The van der Waals surface area contributed by atoms with E-state index in [4.69, 9.17) is 9.73 Å². The summed E-state index contributed by atoms with van der Waals surface area (Å²) in [6, 6.07) is 10.5. The highest BCUT2D eigenvalue weighted by Crippen LogP contribution is 2.20. The van der Waals surface area contributed by atoms with Gasteiger partial charge in [-0.25, -0.2) is 9.98 Å². The Morgan fingerprint density at radius 3 is 2.62 bits per heavy atom. The van der Waals surface area contributed by atoms with Crippen LogP contribution in [-0.2, 0) is 13.1 Å². The first-order valence-electron chi connectivity index (χ1n) is 10.0. The number of anilines is 1. The van der Waals surface area contributed by atoms with Gasteiger partial charge in [0, 0.05) is 37.9 Å². The summed E-state index contributed by atoms with van der Waals surface area (Å²) < 4.78 is 5.49. The number of aromatic nitrogens is 1. The number of halogens is 1. The average Bonchev–Trinajstić information content (AvgIpc) is 3.26. The van der Waals surface area contributed by atoms with Gasteiger partial charge >= 0.3 is 0 Å². The molecule has 0 spiro atoms. The number of rotatable bonds is 7. The summed E-state index contributed by atoms with van der Waals surface area (Å²) in [5, 5.41) is 6.69. The second-order valence-corrected chi connectivity index (χ2v) is 7.08. The molecule has 1 saturated heterocycles. The highest BCUT2D eigenvalue weighted by molar-refractivity contribution is 14.0. The second kappa shape index (κ2) is 11.8. The fourth-order valence-corrected chi connectivity index (χ4v) is 3.33. The van der Waals surface area contributed by atoms with Crippen molar-refractivity contribution in [3.8, 4) is 5.75 Å². The van der Waals surface area contributed by atoms with E-state index in [0.717, 1.165) is 48.3 Å². The molecule has 1 aliphatic rings. The van der Waals surface area contributed by atoms with Gasteiger partial charge in [-0.05, 0) is 49.9 Å². The van der Waals surface area contributed by atoms with Crippen LogP contribution < -0.4 is 20.3 Å². The summed E-state index contributed by atoms with van der Waals surface area (Å²) in [6.45, 7) is 8.41. The van der Waals surface area contributed by atoms with Crippen LogP contribution in [0, 0.1) is 6.92 Å². The molecule has 158 valence electrons. The molecule has 0 bridgehead atoms. The van der Waals surface area contributed by atoms with E-state index in [1.807, 2.05) is 6.20 Å². The quantitative estimate of drug-likeness (QED) is 0.337. The number of methoxy groups -OCH3 is 1. The Morgan fingerprint density at radius 1 is 1.17 bits per heavy atom. The van der Waals surface area contributed by atoms with E-state index in [-0.39, 0.29) is 24.0 Å². The van der Waals surface area contributed by atoms with Crippen LogP contribution >= 0.6 is 24.0 Å². The third-order valence-electron chi connectivity index (χ3n) is 4.89. The molecule has 2 heterocycles. The molecular weight excluding hydrogens is 477 g/mol. The maximum Gasteiger partial charge on any atom is 0.191 e. The third-order valence-corrected chi connectivity index (χ3v) is 4.89. The largest absolute Gasteiger partial charge is 0.496 e. The van der Waals surface area contributed by atoms with Gasteiger partial charge in [0.05, 0.1) is 13.7 Å². The van der Waals surface area contributed by atoms with Crippen molar-refractivity contribution in [1.82, 2.24) is 15.6 Å². The number of aliphatic imine (C=N–C) groups is 1. The number of aryl methyl sites for hydroxylation is 1. The van der Waals surface area contributed by atoms with Crippen molar-refractivity contribution in [2.24, 2.45) is 4.99 Å². The zero-order valence-corrected chi connectivity index (χ0v) is 19.9. The van der Waals surface area contributed by atoms with Crippen molar-refractivity contribution in [3.05, 3.63) is 53.2 Å². The molecule has 0 unspecified atom stereocenters. The Balaban J connectivity index is 0.00000300. The number of ether oxygens (including phenoxy) is 1. The van der Waals surface area contributed by atoms with Crippen LogP contribution in [0.5, 0.6) is 5.75 Å². The first-order chi connectivity index (χ1) is 13.7. The summed E-state index contributed by atoms with van der Waals surface area (Å²) in [5.41, 5.74) is 3.40. The maximum absolute atomic E-state index is 5.49. The molecule has 1 fully saturated rings. The molecule has 7 heteroatoms. The highest BCUT2D eigenvalue weighted by atomic mass is 127. The van der Waals surface area contributed by atoms with Gasteiger partial charge in [0.2, 0.25) is 0 Å². The number of nitrogens with one attached hydrogen (secondary N) is 2. The summed E-state index contributed by atoms with van der Waals surface area (Å²) in [6.07, 6.45) is 4.46. The molecule has 29 heavy (non-hydrogen) atoms. The molecule has 1 aliphatic heterocycles. The fraction of sp³-hybridized carbons (Fsp3) is 0.455. The van der Waals surface area contributed by atoms with E-state index < -0.39 is 0 Å². The minimum Gasteiger partial charge on any atom is -0.496 e. The molecular formula is C22H32IN5O. The lowest BCUT2D eigenvalue weighted by atomic mass is 10.1. The lowest BCUT2D eigenvalue weighted by molar-refractivity contribution is 0.408. The van der Waals surface area contributed by atoms with Gasteiger partial charge in [-0.1, -0.05) is 18.2 Å². The van der Waals surface area contributed by atoms with Crippen molar-refractivity contribution < 1.29 is 4.74 Å². The van der Waals surface area contributed by atoms with Crippen molar-refractivity contribution in [1.29, 1.82) is 0 Å². The average molecular weight is 509 g/mol. The monoisotopic (exact) mass is 509 g/mol. The fourth-order valence-electron chi connectivity index (χ4n) is 3.33. The van der Waals surface area contributed by atoms with Gasteiger partial charge in [0.25, 0.3) is 0 Å². The van der Waals surface area contributed by atoms with Gasteiger partial charge in [0.1, 0.15) is 11.6 Å². The highest BCUT2D eigenvalue weighted by Gasteiger charge is 2.13. The van der Waals surface area contributed by atoms with Gasteiger partial charge in [0.15, 0.2) is 5.96 Å². The number of hydrogen-bond donors (Lipinski definition) is 2. The van der Waals surface area contributed by atoms with Crippen LogP contribution in [0.25, 0.3) is 0 Å². The SMILES string of the molecule is CCNC(=NCc1ccc(N2CCCC2)nc1)NCc1ccc(C)cc1OC.I. The van der Waals surface area contributed by atoms with Gasteiger partial charge < -0.3 is 20.3 Å².